The van der Waals surface area contributed by atoms with Crippen molar-refractivity contribution < 1.29 is 13.2 Å². The van der Waals surface area contributed by atoms with Gasteiger partial charge in [0.05, 0.1) is 4.90 Å². The van der Waals surface area contributed by atoms with Crippen LogP contribution in [0.5, 0.6) is 0 Å². The van der Waals surface area contributed by atoms with Gasteiger partial charge in [-0.25, -0.2) is 13.1 Å². The van der Waals surface area contributed by atoms with E-state index in [1.807, 2.05) is 13.0 Å². The van der Waals surface area contributed by atoms with Crippen LogP contribution < -0.4 is 10.5 Å². The minimum Gasteiger partial charge on any atom is -0.385 e. The molecule has 1 rings (SSSR count). The van der Waals surface area contributed by atoms with Crippen LogP contribution in [0.3, 0.4) is 0 Å². The molecule has 0 spiro atoms. The molecule has 3 N–H and O–H groups in total. The third-order valence-corrected chi connectivity index (χ3v) is 4.47. The van der Waals surface area contributed by atoms with Crippen molar-refractivity contribution in [2.24, 2.45) is 5.73 Å². The zero-order valence-corrected chi connectivity index (χ0v) is 12.9. The Hall–Kier alpha value is -0.950. The number of nitrogens with two attached hydrogens (primary N) is 1. The second-order valence-corrected chi connectivity index (χ2v) is 6.58. The zero-order valence-electron chi connectivity index (χ0n) is 12.1. The molecule has 0 saturated carbocycles. The molecule has 0 saturated heterocycles. The molecule has 5 nitrogen and oxygen atoms in total. The molecule has 0 aliphatic heterocycles. The van der Waals surface area contributed by atoms with Gasteiger partial charge in [-0.05, 0) is 43.9 Å². The second-order valence-electron chi connectivity index (χ2n) is 4.81. The number of unbranched alkanes of at least 4 members (excludes halogenated alkanes) is 2. The fraction of sp³-hybridized carbons (Fsp3) is 0.571. The van der Waals surface area contributed by atoms with Gasteiger partial charge in [0.25, 0.3) is 0 Å². The number of nitrogens with one attached hydrogen (secondary N) is 1. The largest absolute Gasteiger partial charge is 0.385 e. The van der Waals surface area contributed by atoms with Gasteiger partial charge in [0.2, 0.25) is 10.0 Å². The van der Waals surface area contributed by atoms with Crippen LogP contribution in [-0.2, 0) is 14.8 Å². The van der Waals surface area contributed by atoms with Crippen molar-refractivity contribution in [3.8, 4) is 0 Å². The van der Waals surface area contributed by atoms with Gasteiger partial charge in [-0.15, -0.1) is 0 Å². The Morgan fingerprint density at radius 3 is 2.70 bits per heavy atom. The lowest BCUT2D eigenvalue weighted by Crippen LogP contribution is -2.25. The molecule has 0 amide bonds. The van der Waals surface area contributed by atoms with E-state index >= 15 is 0 Å². The first kappa shape index (κ1) is 17.1. The number of sulfonamides is 1. The van der Waals surface area contributed by atoms with Crippen LogP contribution in [0.4, 0.5) is 0 Å². The Morgan fingerprint density at radius 2 is 2.05 bits per heavy atom. The van der Waals surface area contributed by atoms with E-state index in [-0.39, 0.29) is 10.9 Å². The number of benzene rings is 1. The van der Waals surface area contributed by atoms with Gasteiger partial charge in [-0.3, -0.25) is 0 Å². The SMILES string of the molecule is COCCCCCNS(=O)(=O)c1cccc(C(C)N)c1. The lowest BCUT2D eigenvalue weighted by Gasteiger charge is -2.10. The maximum absolute atomic E-state index is 12.1. The number of hydrogen-bond donors (Lipinski definition) is 2. The molecular formula is C14H24N2O3S. The molecule has 0 aliphatic rings. The number of ether oxygens (including phenoxy) is 1. The van der Waals surface area contributed by atoms with Crippen LogP contribution >= 0.6 is 0 Å². The predicted octanol–water partition coefficient (Wildman–Crippen LogP) is 1.80. The van der Waals surface area contributed by atoms with Crippen LogP contribution in [0.1, 0.15) is 37.8 Å². The van der Waals surface area contributed by atoms with Crippen molar-refractivity contribution in [2.45, 2.75) is 37.1 Å². The molecule has 6 heteroatoms. The lowest BCUT2D eigenvalue weighted by atomic mass is 10.1. The van der Waals surface area contributed by atoms with Crippen LogP contribution in [-0.4, -0.2) is 28.7 Å². The first-order valence-corrected chi connectivity index (χ1v) is 8.30. The topological polar surface area (TPSA) is 81.4 Å². The van der Waals surface area contributed by atoms with Gasteiger partial charge >= 0.3 is 0 Å². The summed E-state index contributed by atoms with van der Waals surface area (Å²) in [6.07, 6.45) is 2.68. The number of hydrogen-bond acceptors (Lipinski definition) is 4. The Balaban J connectivity index is 2.54. The Kier molecular flexibility index (Phi) is 7.15. The molecule has 1 atom stereocenters. The highest BCUT2D eigenvalue weighted by Crippen LogP contribution is 2.15. The van der Waals surface area contributed by atoms with E-state index in [2.05, 4.69) is 4.72 Å². The highest BCUT2D eigenvalue weighted by molar-refractivity contribution is 7.89. The van der Waals surface area contributed by atoms with Gasteiger partial charge in [0, 0.05) is 26.3 Å². The van der Waals surface area contributed by atoms with Crippen LogP contribution in [0.15, 0.2) is 29.2 Å². The van der Waals surface area contributed by atoms with E-state index in [9.17, 15) is 8.42 Å². The summed E-state index contributed by atoms with van der Waals surface area (Å²) in [7, 11) is -1.79. The first-order chi connectivity index (χ1) is 9.47. The quantitative estimate of drug-likeness (QED) is 0.681. The standard InChI is InChI=1S/C14H24N2O3S/c1-12(15)13-7-6-8-14(11-13)20(17,18)16-9-4-3-5-10-19-2/h6-8,11-12,16H,3-5,9-10,15H2,1-2H3. The van der Waals surface area contributed by atoms with Crippen LogP contribution in [0, 0.1) is 0 Å². The molecule has 0 fully saturated rings. The van der Waals surface area contributed by atoms with Gasteiger partial charge in [-0.1, -0.05) is 12.1 Å². The molecule has 1 unspecified atom stereocenters. The minimum absolute atomic E-state index is 0.181. The molecule has 114 valence electrons. The monoisotopic (exact) mass is 300 g/mol. The Labute approximate surface area is 121 Å². The lowest BCUT2D eigenvalue weighted by molar-refractivity contribution is 0.192. The molecule has 0 bridgehead atoms. The van der Waals surface area contributed by atoms with Crippen molar-refractivity contribution in [1.82, 2.24) is 4.72 Å². The van der Waals surface area contributed by atoms with Gasteiger partial charge in [0.15, 0.2) is 0 Å². The fourth-order valence-corrected chi connectivity index (χ4v) is 2.93. The van der Waals surface area contributed by atoms with Crippen molar-refractivity contribution in [2.75, 3.05) is 20.3 Å². The maximum atomic E-state index is 12.1. The summed E-state index contributed by atoms with van der Waals surface area (Å²) in [6, 6.07) is 6.57. The van der Waals surface area contributed by atoms with E-state index in [0.717, 1.165) is 24.8 Å². The minimum atomic E-state index is -3.45. The zero-order chi connectivity index (χ0) is 15.0. The van der Waals surface area contributed by atoms with Gasteiger partial charge < -0.3 is 10.5 Å². The highest BCUT2D eigenvalue weighted by Gasteiger charge is 2.14. The third kappa shape index (κ3) is 5.58. The summed E-state index contributed by atoms with van der Waals surface area (Å²) in [5, 5.41) is 0. The molecule has 1 aromatic carbocycles. The molecule has 1 aromatic rings. The predicted molar refractivity (Wildman–Crippen MR) is 80.0 cm³/mol. The highest BCUT2D eigenvalue weighted by atomic mass is 32.2. The molecule has 0 aromatic heterocycles. The summed E-state index contributed by atoms with van der Waals surface area (Å²) in [5.41, 5.74) is 6.58. The van der Waals surface area contributed by atoms with E-state index in [0.29, 0.717) is 13.2 Å². The third-order valence-electron chi connectivity index (χ3n) is 3.01. The summed E-state index contributed by atoms with van der Waals surface area (Å²) in [5.74, 6) is 0. The van der Waals surface area contributed by atoms with E-state index < -0.39 is 10.0 Å². The molecular weight excluding hydrogens is 276 g/mol. The normalized spacial score (nSPS) is 13.3. The van der Waals surface area contributed by atoms with E-state index in [1.54, 1.807) is 25.3 Å². The molecule has 0 radical (unpaired) electrons. The average molecular weight is 300 g/mol. The van der Waals surface area contributed by atoms with Crippen molar-refractivity contribution in [1.29, 1.82) is 0 Å². The average Bonchev–Trinajstić information content (AvgIpc) is 2.43. The second kappa shape index (κ2) is 8.36. The Morgan fingerprint density at radius 1 is 1.30 bits per heavy atom. The molecule has 0 heterocycles. The molecule has 20 heavy (non-hydrogen) atoms. The van der Waals surface area contributed by atoms with E-state index in [4.69, 9.17) is 10.5 Å². The Bertz CT molecular complexity index is 501. The van der Waals surface area contributed by atoms with Crippen molar-refractivity contribution in [3.63, 3.8) is 0 Å². The number of methoxy groups -OCH3 is 1. The fourth-order valence-electron chi connectivity index (χ4n) is 1.80. The van der Waals surface area contributed by atoms with Crippen LogP contribution in [0.25, 0.3) is 0 Å². The first-order valence-electron chi connectivity index (χ1n) is 6.81. The smallest absolute Gasteiger partial charge is 0.240 e. The van der Waals surface area contributed by atoms with Gasteiger partial charge in [0.1, 0.15) is 0 Å². The summed E-state index contributed by atoms with van der Waals surface area (Å²) >= 11 is 0. The molecule has 0 aliphatic carbocycles. The van der Waals surface area contributed by atoms with Gasteiger partial charge in [-0.2, -0.15) is 0 Å². The maximum Gasteiger partial charge on any atom is 0.240 e. The summed E-state index contributed by atoms with van der Waals surface area (Å²) in [6.45, 7) is 2.98. The van der Waals surface area contributed by atoms with Crippen molar-refractivity contribution >= 4 is 10.0 Å². The summed E-state index contributed by atoms with van der Waals surface area (Å²) < 4.78 is 31.8. The number of rotatable bonds is 9. The van der Waals surface area contributed by atoms with Crippen molar-refractivity contribution in [3.05, 3.63) is 29.8 Å². The van der Waals surface area contributed by atoms with Crippen LogP contribution in [0.2, 0.25) is 0 Å². The summed E-state index contributed by atoms with van der Waals surface area (Å²) in [4.78, 5) is 0.268. The van der Waals surface area contributed by atoms with E-state index in [1.165, 1.54) is 0 Å².